The first kappa shape index (κ1) is 15.2. The van der Waals surface area contributed by atoms with E-state index >= 15 is 0 Å². The summed E-state index contributed by atoms with van der Waals surface area (Å²) in [5.74, 6) is 0.397. The molecule has 17 heavy (non-hydrogen) atoms. The predicted molar refractivity (Wildman–Crippen MR) is 81.3 cm³/mol. The summed E-state index contributed by atoms with van der Waals surface area (Å²) in [6, 6.07) is 7.88. The molecule has 96 valence electrons. The van der Waals surface area contributed by atoms with Gasteiger partial charge >= 0.3 is 0 Å². The number of hydrogen-bond donors (Lipinski definition) is 2. The van der Waals surface area contributed by atoms with E-state index in [1.54, 1.807) is 0 Å². The molecule has 0 radical (unpaired) electrons. The number of benzene rings is 1. The zero-order valence-corrected chi connectivity index (χ0v) is 12.7. The summed E-state index contributed by atoms with van der Waals surface area (Å²) in [7, 11) is 0. The summed E-state index contributed by atoms with van der Waals surface area (Å²) in [4.78, 5) is 0. The molecular formula is C13H19ClINO. The van der Waals surface area contributed by atoms with E-state index in [-0.39, 0.29) is 24.6 Å². The van der Waals surface area contributed by atoms with Crippen molar-refractivity contribution in [1.82, 2.24) is 0 Å². The van der Waals surface area contributed by atoms with Gasteiger partial charge in [-0.3, -0.25) is 0 Å². The van der Waals surface area contributed by atoms with Gasteiger partial charge in [0.25, 0.3) is 0 Å². The van der Waals surface area contributed by atoms with Crippen LogP contribution < -0.4 is 5.73 Å². The highest BCUT2D eigenvalue weighted by atomic mass is 127. The number of aliphatic hydroxyl groups is 1. The SMILES string of the molecule is Cl.N[C@@H](c1ccc(I)cc1)[C@H](O)C1CCCC1. The van der Waals surface area contributed by atoms with E-state index in [9.17, 15) is 5.11 Å². The largest absolute Gasteiger partial charge is 0.391 e. The van der Waals surface area contributed by atoms with Gasteiger partial charge < -0.3 is 10.8 Å². The second-order valence-electron chi connectivity index (χ2n) is 4.61. The van der Waals surface area contributed by atoms with Crippen LogP contribution in [0.2, 0.25) is 0 Å². The van der Waals surface area contributed by atoms with Crippen LogP contribution in [0.3, 0.4) is 0 Å². The van der Waals surface area contributed by atoms with Crippen molar-refractivity contribution in [2.24, 2.45) is 11.7 Å². The van der Waals surface area contributed by atoms with Crippen LogP contribution in [0, 0.1) is 9.49 Å². The monoisotopic (exact) mass is 367 g/mol. The maximum Gasteiger partial charge on any atom is 0.0760 e. The Morgan fingerprint density at radius 2 is 1.71 bits per heavy atom. The molecule has 0 aliphatic heterocycles. The summed E-state index contributed by atoms with van der Waals surface area (Å²) in [6.07, 6.45) is 4.34. The molecule has 0 spiro atoms. The molecule has 1 aromatic carbocycles. The predicted octanol–water partition coefficient (Wildman–Crippen LogP) is 3.26. The van der Waals surface area contributed by atoms with Crippen molar-refractivity contribution in [2.45, 2.75) is 37.8 Å². The lowest BCUT2D eigenvalue weighted by Gasteiger charge is -2.24. The van der Waals surface area contributed by atoms with Crippen molar-refractivity contribution in [3.63, 3.8) is 0 Å². The van der Waals surface area contributed by atoms with Gasteiger partial charge in [-0.05, 0) is 59.0 Å². The van der Waals surface area contributed by atoms with Crippen LogP contribution in [-0.4, -0.2) is 11.2 Å². The molecule has 1 saturated carbocycles. The average Bonchev–Trinajstić information content (AvgIpc) is 2.81. The van der Waals surface area contributed by atoms with Crippen LogP contribution in [0.5, 0.6) is 0 Å². The molecule has 3 N–H and O–H groups in total. The van der Waals surface area contributed by atoms with E-state index in [1.807, 2.05) is 24.3 Å². The molecule has 4 heteroatoms. The maximum absolute atomic E-state index is 10.2. The zero-order chi connectivity index (χ0) is 11.5. The Balaban J connectivity index is 0.00000144. The van der Waals surface area contributed by atoms with E-state index in [2.05, 4.69) is 22.6 Å². The van der Waals surface area contributed by atoms with E-state index in [4.69, 9.17) is 5.73 Å². The minimum Gasteiger partial charge on any atom is -0.391 e. The van der Waals surface area contributed by atoms with Crippen LogP contribution >= 0.6 is 35.0 Å². The van der Waals surface area contributed by atoms with Gasteiger partial charge in [0.15, 0.2) is 0 Å². The third kappa shape index (κ3) is 3.81. The zero-order valence-electron chi connectivity index (χ0n) is 9.68. The highest BCUT2D eigenvalue weighted by Gasteiger charge is 2.28. The number of halogens is 2. The molecule has 1 aliphatic rings. The molecule has 0 amide bonds. The fraction of sp³-hybridized carbons (Fsp3) is 0.538. The van der Waals surface area contributed by atoms with Crippen molar-refractivity contribution in [1.29, 1.82) is 0 Å². The minimum atomic E-state index is -0.387. The first-order valence-electron chi connectivity index (χ1n) is 5.87. The van der Waals surface area contributed by atoms with Gasteiger partial charge in [-0.1, -0.05) is 25.0 Å². The van der Waals surface area contributed by atoms with Gasteiger partial charge in [-0.25, -0.2) is 0 Å². The summed E-state index contributed by atoms with van der Waals surface area (Å²) in [5.41, 5.74) is 7.16. The van der Waals surface area contributed by atoms with Crippen LogP contribution in [0.4, 0.5) is 0 Å². The topological polar surface area (TPSA) is 46.2 Å². The minimum absolute atomic E-state index is 0. The quantitative estimate of drug-likeness (QED) is 0.806. The summed E-state index contributed by atoms with van der Waals surface area (Å²) in [5, 5.41) is 10.2. The first-order chi connectivity index (χ1) is 7.68. The standard InChI is InChI=1S/C13H18INO.ClH/c14-11-7-5-9(6-8-11)12(15)13(16)10-3-1-2-4-10;/h5-8,10,12-13,16H,1-4,15H2;1H/t12-,13+;/m0./s1. The van der Waals surface area contributed by atoms with Crippen LogP contribution in [-0.2, 0) is 0 Å². The average molecular weight is 368 g/mol. The van der Waals surface area contributed by atoms with Gasteiger partial charge in [-0.15, -0.1) is 12.4 Å². The molecule has 2 atom stereocenters. The second-order valence-corrected chi connectivity index (χ2v) is 5.86. The molecule has 0 heterocycles. The Labute approximate surface area is 123 Å². The molecule has 1 fully saturated rings. The smallest absolute Gasteiger partial charge is 0.0760 e. The highest BCUT2D eigenvalue weighted by molar-refractivity contribution is 14.1. The molecule has 0 unspecified atom stereocenters. The Hall–Kier alpha value is 0.160. The van der Waals surface area contributed by atoms with Crippen LogP contribution in [0.15, 0.2) is 24.3 Å². The number of hydrogen-bond acceptors (Lipinski definition) is 2. The van der Waals surface area contributed by atoms with Crippen molar-refractivity contribution < 1.29 is 5.11 Å². The third-order valence-corrected chi connectivity index (χ3v) is 4.22. The molecule has 1 aliphatic carbocycles. The normalized spacial score (nSPS) is 19.7. The molecule has 1 aromatic rings. The Morgan fingerprint density at radius 1 is 1.18 bits per heavy atom. The summed E-state index contributed by atoms with van der Waals surface area (Å²) in [6.45, 7) is 0. The van der Waals surface area contributed by atoms with Crippen LogP contribution in [0.1, 0.15) is 37.3 Å². The second kappa shape index (κ2) is 6.92. The van der Waals surface area contributed by atoms with Gasteiger partial charge in [-0.2, -0.15) is 0 Å². The van der Waals surface area contributed by atoms with E-state index < -0.39 is 0 Å². The van der Waals surface area contributed by atoms with E-state index in [0.717, 1.165) is 18.4 Å². The van der Waals surface area contributed by atoms with Gasteiger partial charge in [0.05, 0.1) is 12.1 Å². The van der Waals surface area contributed by atoms with Crippen molar-refractivity contribution in [3.05, 3.63) is 33.4 Å². The number of aliphatic hydroxyl groups excluding tert-OH is 1. The summed E-state index contributed by atoms with van der Waals surface area (Å²) >= 11 is 2.27. The summed E-state index contributed by atoms with van der Waals surface area (Å²) < 4.78 is 1.20. The van der Waals surface area contributed by atoms with E-state index in [1.165, 1.54) is 16.4 Å². The van der Waals surface area contributed by atoms with Crippen molar-refractivity contribution in [3.8, 4) is 0 Å². The lowest BCUT2D eigenvalue weighted by atomic mass is 9.91. The van der Waals surface area contributed by atoms with E-state index in [0.29, 0.717) is 5.92 Å². The lowest BCUT2D eigenvalue weighted by molar-refractivity contribution is 0.0845. The molecular weight excluding hydrogens is 349 g/mol. The Bertz CT molecular complexity index is 338. The molecule has 0 aromatic heterocycles. The molecule has 0 bridgehead atoms. The molecule has 0 saturated heterocycles. The lowest BCUT2D eigenvalue weighted by Crippen LogP contribution is -2.31. The highest BCUT2D eigenvalue weighted by Crippen LogP contribution is 2.32. The number of nitrogens with two attached hydrogens (primary N) is 1. The molecule has 2 nitrogen and oxygen atoms in total. The third-order valence-electron chi connectivity index (χ3n) is 3.51. The van der Waals surface area contributed by atoms with Crippen molar-refractivity contribution >= 4 is 35.0 Å². The fourth-order valence-corrected chi connectivity index (χ4v) is 2.83. The number of rotatable bonds is 3. The fourth-order valence-electron chi connectivity index (χ4n) is 2.47. The maximum atomic E-state index is 10.2. The molecule has 2 rings (SSSR count). The van der Waals surface area contributed by atoms with Gasteiger partial charge in [0.2, 0.25) is 0 Å². The first-order valence-corrected chi connectivity index (χ1v) is 6.95. The Morgan fingerprint density at radius 3 is 2.24 bits per heavy atom. The van der Waals surface area contributed by atoms with Gasteiger partial charge in [0.1, 0.15) is 0 Å². The van der Waals surface area contributed by atoms with Crippen LogP contribution in [0.25, 0.3) is 0 Å². The Kier molecular flexibility index (Phi) is 6.20. The van der Waals surface area contributed by atoms with Gasteiger partial charge in [0, 0.05) is 3.57 Å². The van der Waals surface area contributed by atoms with Crippen molar-refractivity contribution in [2.75, 3.05) is 0 Å².